The number of benzene rings is 1. The fraction of sp³-hybridized carbons (Fsp3) is 0.538. The van der Waals surface area contributed by atoms with E-state index in [4.69, 9.17) is 0 Å². The van der Waals surface area contributed by atoms with Crippen LogP contribution < -0.4 is 5.32 Å². The van der Waals surface area contributed by atoms with Crippen LogP contribution in [0.3, 0.4) is 0 Å². The maximum absolute atomic E-state index is 9.88. The van der Waals surface area contributed by atoms with Gasteiger partial charge in [-0.1, -0.05) is 17.7 Å². The minimum atomic E-state index is 0.256. The molecule has 1 saturated heterocycles. The van der Waals surface area contributed by atoms with Crippen molar-refractivity contribution in [3.63, 3.8) is 0 Å². The number of phenolic OH excluding ortho intramolecular Hbond substituents is 1. The van der Waals surface area contributed by atoms with Crippen LogP contribution in [0.1, 0.15) is 24.1 Å². The summed E-state index contributed by atoms with van der Waals surface area (Å²) in [5, 5.41) is 13.2. The highest BCUT2D eigenvalue weighted by molar-refractivity contribution is 5.37. The number of likely N-dealkylation sites (N-methyl/N-ethyl adjacent to an activating group) is 1. The first-order valence-corrected chi connectivity index (χ1v) is 5.81. The van der Waals surface area contributed by atoms with Gasteiger partial charge in [-0.2, -0.15) is 0 Å². The first kappa shape index (κ1) is 11.4. The Hall–Kier alpha value is -1.06. The van der Waals surface area contributed by atoms with E-state index in [9.17, 15) is 5.11 Å². The summed E-state index contributed by atoms with van der Waals surface area (Å²) in [5.74, 6) is 0.400. The van der Waals surface area contributed by atoms with E-state index in [0.29, 0.717) is 11.8 Å². The highest BCUT2D eigenvalue weighted by atomic mass is 16.3. The molecule has 1 aliphatic heterocycles. The Balaban J connectivity index is 2.18. The van der Waals surface area contributed by atoms with E-state index < -0.39 is 0 Å². The van der Waals surface area contributed by atoms with Crippen molar-refractivity contribution in [2.24, 2.45) is 0 Å². The minimum absolute atomic E-state index is 0.256. The van der Waals surface area contributed by atoms with Crippen LogP contribution in [0.25, 0.3) is 0 Å². The third-order valence-electron chi connectivity index (χ3n) is 3.58. The summed E-state index contributed by atoms with van der Waals surface area (Å²) in [6.45, 7) is 6.30. The molecule has 0 aromatic heterocycles. The first-order chi connectivity index (χ1) is 7.59. The van der Waals surface area contributed by atoms with Crippen LogP contribution in [0.15, 0.2) is 18.2 Å². The van der Waals surface area contributed by atoms with Crippen LogP contribution in [-0.4, -0.2) is 36.2 Å². The van der Waals surface area contributed by atoms with E-state index in [1.807, 2.05) is 6.07 Å². The summed E-state index contributed by atoms with van der Waals surface area (Å²) in [6, 6.07) is 6.65. The molecule has 1 aromatic carbocycles. The van der Waals surface area contributed by atoms with Gasteiger partial charge in [-0.3, -0.25) is 4.90 Å². The summed E-state index contributed by atoms with van der Waals surface area (Å²) < 4.78 is 0. The van der Waals surface area contributed by atoms with Gasteiger partial charge in [-0.25, -0.2) is 0 Å². The summed E-state index contributed by atoms with van der Waals surface area (Å²) in [4.78, 5) is 2.32. The van der Waals surface area contributed by atoms with Crippen LogP contribution in [0.4, 0.5) is 0 Å². The average Bonchev–Trinajstić information content (AvgIpc) is 2.18. The van der Waals surface area contributed by atoms with Crippen molar-refractivity contribution in [2.75, 3.05) is 20.1 Å². The van der Waals surface area contributed by atoms with Gasteiger partial charge in [0.1, 0.15) is 5.75 Å². The molecule has 1 heterocycles. The van der Waals surface area contributed by atoms with Crippen LogP contribution in [0.5, 0.6) is 5.75 Å². The van der Waals surface area contributed by atoms with Gasteiger partial charge in [-0.05, 0) is 27.0 Å². The molecule has 0 aliphatic carbocycles. The zero-order valence-electron chi connectivity index (χ0n) is 10.2. The molecular formula is C13H20N2O. The highest BCUT2D eigenvalue weighted by Gasteiger charge is 2.26. The second-order valence-corrected chi connectivity index (χ2v) is 4.72. The predicted octanol–water partition coefficient (Wildman–Crippen LogP) is 1.67. The van der Waals surface area contributed by atoms with Gasteiger partial charge in [0.2, 0.25) is 0 Å². The monoisotopic (exact) mass is 220 g/mol. The van der Waals surface area contributed by atoms with Crippen molar-refractivity contribution < 1.29 is 5.11 Å². The highest BCUT2D eigenvalue weighted by Crippen LogP contribution is 2.29. The lowest BCUT2D eigenvalue weighted by molar-refractivity contribution is 0.135. The molecule has 0 amide bonds. The summed E-state index contributed by atoms with van der Waals surface area (Å²) in [7, 11) is 2.12. The van der Waals surface area contributed by atoms with Crippen molar-refractivity contribution in [3.05, 3.63) is 29.3 Å². The van der Waals surface area contributed by atoms with Gasteiger partial charge < -0.3 is 10.4 Å². The topological polar surface area (TPSA) is 35.5 Å². The summed E-state index contributed by atoms with van der Waals surface area (Å²) >= 11 is 0. The van der Waals surface area contributed by atoms with Crippen molar-refractivity contribution in [3.8, 4) is 5.75 Å². The largest absolute Gasteiger partial charge is 0.508 e. The van der Waals surface area contributed by atoms with Gasteiger partial charge in [0, 0.05) is 30.7 Å². The number of aryl methyl sites for hydroxylation is 1. The van der Waals surface area contributed by atoms with E-state index in [1.165, 1.54) is 5.56 Å². The number of aromatic hydroxyl groups is 1. The Kier molecular flexibility index (Phi) is 3.17. The molecule has 1 atom stereocenters. The van der Waals surface area contributed by atoms with E-state index >= 15 is 0 Å². The molecule has 88 valence electrons. The fourth-order valence-corrected chi connectivity index (χ4v) is 2.11. The maximum Gasteiger partial charge on any atom is 0.120 e. The van der Waals surface area contributed by atoms with Crippen LogP contribution in [-0.2, 0) is 0 Å². The molecule has 3 nitrogen and oxygen atoms in total. The molecule has 0 spiro atoms. The molecule has 2 rings (SSSR count). The average molecular weight is 220 g/mol. The van der Waals surface area contributed by atoms with Crippen molar-refractivity contribution >= 4 is 0 Å². The van der Waals surface area contributed by atoms with Crippen molar-refractivity contribution in [2.45, 2.75) is 25.9 Å². The standard InChI is InChI=1S/C13H20N2O/c1-9-4-5-13(16)12(6-9)10(2)15(3)11-7-14-8-11/h4-6,10-11,14,16H,7-8H2,1-3H3. The third-order valence-corrected chi connectivity index (χ3v) is 3.58. The SMILES string of the molecule is Cc1ccc(O)c(C(C)N(C)C2CNC2)c1. The van der Waals surface area contributed by atoms with Gasteiger partial charge in [0.05, 0.1) is 0 Å². The number of phenols is 1. The van der Waals surface area contributed by atoms with Gasteiger partial charge in [0.15, 0.2) is 0 Å². The van der Waals surface area contributed by atoms with Crippen LogP contribution in [0, 0.1) is 6.92 Å². The number of nitrogens with one attached hydrogen (secondary N) is 1. The quantitative estimate of drug-likeness (QED) is 0.813. The van der Waals surface area contributed by atoms with Crippen molar-refractivity contribution in [1.82, 2.24) is 10.2 Å². The molecule has 1 fully saturated rings. The molecule has 1 unspecified atom stereocenters. The molecule has 1 aliphatic rings. The Morgan fingerprint density at radius 3 is 2.69 bits per heavy atom. The number of rotatable bonds is 3. The van der Waals surface area contributed by atoms with Gasteiger partial charge >= 0.3 is 0 Å². The van der Waals surface area contributed by atoms with E-state index in [2.05, 4.69) is 37.2 Å². The molecule has 2 N–H and O–H groups in total. The number of hydrogen-bond donors (Lipinski definition) is 2. The zero-order chi connectivity index (χ0) is 11.7. The Morgan fingerprint density at radius 2 is 2.12 bits per heavy atom. The first-order valence-electron chi connectivity index (χ1n) is 5.81. The lowest BCUT2D eigenvalue weighted by Crippen LogP contribution is -2.56. The predicted molar refractivity (Wildman–Crippen MR) is 65.7 cm³/mol. The lowest BCUT2D eigenvalue weighted by Gasteiger charge is -2.39. The second-order valence-electron chi connectivity index (χ2n) is 4.72. The molecule has 16 heavy (non-hydrogen) atoms. The number of nitrogens with zero attached hydrogens (tertiary/aromatic N) is 1. The third kappa shape index (κ3) is 2.06. The molecule has 0 radical (unpaired) electrons. The van der Waals surface area contributed by atoms with E-state index in [0.717, 1.165) is 18.7 Å². The zero-order valence-corrected chi connectivity index (χ0v) is 10.2. The molecule has 0 saturated carbocycles. The molecule has 3 heteroatoms. The van der Waals surface area contributed by atoms with Gasteiger partial charge in [-0.15, -0.1) is 0 Å². The van der Waals surface area contributed by atoms with E-state index in [-0.39, 0.29) is 6.04 Å². The Bertz CT molecular complexity index is 374. The Labute approximate surface area is 97.1 Å². The molecular weight excluding hydrogens is 200 g/mol. The normalized spacial score (nSPS) is 18.5. The maximum atomic E-state index is 9.88. The smallest absolute Gasteiger partial charge is 0.120 e. The number of hydrogen-bond acceptors (Lipinski definition) is 3. The Morgan fingerprint density at radius 1 is 1.44 bits per heavy atom. The van der Waals surface area contributed by atoms with Crippen LogP contribution in [0.2, 0.25) is 0 Å². The molecule has 1 aromatic rings. The summed E-state index contributed by atoms with van der Waals surface area (Å²) in [6.07, 6.45) is 0. The minimum Gasteiger partial charge on any atom is -0.508 e. The van der Waals surface area contributed by atoms with Crippen molar-refractivity contribution in [1.29, 1.82) is 0 Å². The van der Waals surface area contributed by atoms with Gasteiger partial charge in [0.25, 0.3) is 0 Å². The summed E-state index contributed by atoms with van der Waals surface area (Å²) in [5.41, 5.74) is 2.22. The van der Waals surface area contributed by atoms with E-state index in [1.54, 1.807) is 6.07 Å². The fourth-order valence-electron chi connectivity index (χ4n) is 2.11. The second kappa shape index (κ2) is 4.44. The molecule has 0 bridgehead atoms. The lowest BCUT2D eigenvalue weighted by atomic mass is 10.0. The van der Waals surface area contributed by atoms with Crippen LogP contribution >= 0.6 is 0 Å².